The lowest BCUT2D eigenvalue weighted by Crippen LogP contribution is -2.21. The van der Waals surface area contributed by atoms with E-state index in [1.54, 1.807) is 0 Å². The van der Waals surface area contributed by atoms with Crippen molar-refractivity contribution in [1.82, 2.24) is 14.9 Å². The van der Waals surface area contributed by atoms with Gasteiger partial charge in [0.25, 0.3) is 0 Å². The minimum Gasteiger partial charge on any atom is -0.333 e. The predicted octanol–water partition coefficient (Wildman–Crippen LogP) is 2.54. The van der Waals surface area contributed by atoms with Gasteiger partial charge in [-0.05, 0) is 19.4 Å². The Morgan fingerprint density at radius 2 is 2.19 bits per heavy atom. The highest BCUT2D eigenvalue weighted by Gasteiger charge is 2.18. The van der Waals surface area contributed by atoms with Crippen molar-refractivity contribution in [2.45, 2.75) is 51.5 Å². The molecule has 0 unspecified atom stereocenters. The number of aromatic nitrogens is 2. The minimum atomic E-state index is 0.762. The van der Waals surface area contributed by atoms with Crippen LogP contribution in [0.2, 0.25) is 0 Å². The summed E-state index contributed by atoms with van der Waals surface area (Å²) < 4.78 is 2.33. The van der Waals surface area contributed by atoms with Crippen molar-refractivity contribution in [2.75, 3.05) is 13.1 Å². The van der Waals surface area contributed by atoms with Gasteiger partial charge in [-0.1, -0.05) is 26.2 Å². The van der Waals surface area contributed by atoms with E-state index in [9.17, 15) is 0 Å². The molecule has 3 heteroatoms. The Morgan fingerprint density at radius 3 is 2.94 bits per heavy atom. The van der Waals surface area contributed by atoms with Crippen molar-refractivity contribution in [3.05, 3.63) is 18.2 Å². The maximum atomic E-state index is 4.31. The lowest BCUT2D eigenvalue weighted by molar-refractivity contribution is 0.422. The fraction of sp³-hybridized carbons (Fsp3) is 0.769. The molecule has 1 aliphatic rings. The van der Waals surface area contributed by atoms with E-state index < -0.39 is 0 Å². The summed E-state index contributed by atoms with van der Waals surface area (Å²) in [5.74, 6) is 0.762. The molecule has 16 heavy (non-hydrogen) atoms. The van der Waals surface area contributed by atoms with E-state index in [0.29, 0.717) is 0 Å². The number of rotatable bonds is 5. The summed E-state index contributed by atoms with van der Waals surface area (Å²) >= 11 is 0. The van der Waals surface area contributed by atoms with Crippen LogP contribution in [-0.4, -0.2) is 22.6 Å². The lowest BCUT2D eigenvalue weighted by atomic mass is 9.87. The maximum Gasteiger partial charge on any atom is 0.0948 e. The Morgan fingerprint density at radius 1 is 1.38 bits per heavy atom. The third kappa shape index (κ3) is 2.85. The first-order valence-corrected chi connectivity index (χ1v) is 6.62. The molecule has 0 aromatic carbocycles. The first-order chi connectivity index (χ1) is 7.92. The SMILES string of the molecule is CCNCCn1cncc1C1CCCCC1. The maximum absolute atomic E-state index is 4.31. The predicted molar refractivity (Wildman–Crippen MR) is 66.6 cm³/mol. The van der Waals surface area contributed by atoms with Crippen molar-refractivity contribution in [2.24, 2.45) is 0 Å². The van der Waals surface area contributed by atoms with Crippen molar-refractivity contribution >= 4 is 0 Å². The summed E-state index contributed by atoms with van der Waals surface area (Å²) in [5, 5.41) is 3.37. The second-order valence-corrected chi connectivity index (χ2v) is 4.70. The zero-order chi connectivity index (χ0) is 11.2. The summed E-state index contributed by atoms with van der Waals surface area (Å²) in [5.41, 5.74) is 1.46. The summed E-state index contributed by atoms with van der Waals surface area (Å²) in [7, 11) is 0. The molecule has 0 radical (unpaired) electrons. The van der Waals surface area contributed by atoms with Gasteiger partial charge < -0.3 is 9.88 Å². The molecule has 1 N–H and O–H groups in total. The molecule has 1 saturated carbocycles. The van der Waals surface area contributed by atoms with Crippen LogP contribution in [-0.2, 0) is 6.54 Å². The topological polar surface area (TPSA) is 29.9 Å². The van der Waals surface area contributed by atoms with Gasteiger partial charge in [-0.2, -0.15) is 0 Å². The standard InChI is InChI=1S/C13H23N3/c1-2-14-8-9-16-11-15-10-13(16)12-6-4-3-5-7-12/h10-12,14H,2-9H2,1H3. The van der Waals surface area contributed by atoms with Crippen LogP contribution in [0.15, 0.2) is 12.5 Å². The van der Waals surface area contributed by atoms with Gasteiger partial charge in [-0.25, -0.2) is 4.98 Å². The number of hydrogen-bond donors (Lipinski definition) is 1. The molecule has 1 aromatic rings. The van der Waals surface area contributed by atoms with Crippen molar-refractivity contribution in [3.63, 3.8) is 0 Å². The van der Waals surface area contributed by atoms with E-state index in [1.165, 1.54) is 37.8 Å². The van der Waals surface area contributed by atoms with Crippen molar-refractivity contribution in [1.29, 1.82) is 0 Å². The molecule has 3 nitrogen and oxygen atoms in total. The quantitative estimate of drug-likeness (QED) is 0.774. The zero-order valence-electron chi connectivity index (χ0n) is 10.3. The Kier molecular flexibility index (Phi) is 4.40. The van der Waals surface area contributed by atoms with Gasteiger partial charge >= 0.3 is 0 Å². The lowest BCUT2D eigenvalue weighted by Gasteiger charge is -2.22. The largest absolute Gasteiger partial charge is 0.333 e. The second kappa shape index (κ2) is 6.04. The molecule has 0 spiro atoms. The Labute approximate surface area is 98.3 Å². The number of nitrogens with one attached hydrogen (secondary N) is 1. The van der Waals surface area contributed by atoms with Crippen LogP contribution in [0.4, 0.5) is 0 Å². The van der Waals surface area contributed by atoms with Gasteiger partial charge in [-0.15, -0.1) is 0 Å². The molecule has 0 saturated heterocycles. The van der Waals surface area contributed by atoms with Crippen molar-refractivity contribution in [3.8, 4) is 0 Å². The highest BCUT2D eigenvalue weighted by molar-refractivity contribution is 5.07. The van der Waals surface area contributed by atoms with E-state index in [1.807, 2.05) is 6.33 Å². The van der Waals surface area contributed by atoms with Crippen LogP contribution in [0.25, 0.3) is 0 Å². The van der Waals surface area contributed by atoms with Crippen molar-refractivity contribution < 1.29 is 0 Å². The molecule has 1 aromatic heterocycles. The highest BCUT2D eigenvalue weighted by Crippen LogP contribution is 2.32. The van der Waals surface area contributed by atoms with Gasteiger partial charge in [0.05, 0.1) is 6.33 Å². The van der Waals surface area contributed by atoms with Gasteiger partial charge in [0.2, 0.25) is 0 Å². The Balaban J connectivity index is 1.94. The molecular formula is C13H23N3. The van der Waals surface area contributed by atoms with Gasteiger partial charge in [0.1, 0.15) is 0 Å². The molecule has 2 rings (SSSR count). The number of nitrogens with zero attached hydrogens (tertiary/aromatic N) is 2. The highest BCUT2D eigenvalue weighted by atomic mass is 15.1. The summed E-state index contributed by atoms with van der Waals surface area (Å²) in [6, 6.07) is 0. The van der Waals surface area contributed by atoms with E-state index in [0.717, 1.165) is 25.6 Å². The average molecular weight is 221 g/mol. The van der Waals surface area contributed by atoms with Gasteiger partial charge in [0, 0.05) is 30.9 Å². The monoisotopic (exact) mass is 221 g/mol. The molecule has 0 aliphatic heterocycles. The number of imidazole rings is 1. The van der Waals surface area contributed by atoms with Crippen LogP contribution in [0.1, 0.15) is 50.6 Å². The molecule has 1 aliphatic carbocycles. The molecule has 0 bridgehead atoms. The normalized spacial score (nSPS) is 17.8. The third-order valence-corrected chi connectivity index (χ3v) is 3.55. The Hall–Kier alpha value is -0.830. The first kappa shape index (κ1) is 11.6. The zero-order valence-corrected chi connectivity index (χ0v) is 10.3. The van der Waals surface area contributed by atoms with E-state index in [-0.39, 0.29) is 0 Å². The fourth-order valence-electron chi connectivity index (χ4n) is 2.63. The average Bonchev–Trinajstić information content (AvgIpc) is 2.79. The van der Waals surface area contributed by atoms with Gasteiger partial charge in [-0.3, -0.25) is 0 Å². The van der Waals surface area contributed by atoms with Crippen LogP contribution in [0, 0.1) is 0 Å². The van der Waals surface area contributed by atoms with Crippen LogP contribution in [0.3, 0.4) is 0 Å². The number of hydrogen-bond acceptors (Lipinski definition) is 2. The van der Waals surface area contributed by atoms with Crippen LogP contribution >= 0.6 is 0 Å². The van der Waals surface area contributed by atoms with Crippen LogP contribution in [0.5, 0.6) is 0 Å². The molecule has 90 valence electrons. The molecule has 0 amide bonds. The molecule has 1 heterocycles. The van der Waals surface area contributed by atoms with E-state index in [4.69, 9.17) is 0 Å². The van der Waals surface area contributed by atoms with Gasteiger partial charge in [0.15, 0.2) is 0 Å². The fourth-order valence-corrected chi connectivity index (χ4v) is 2.63. The van der Waals surface area contributed by atoms with E-state index >= 15 is 0 Å². The summed E-state index contributed by atoms with van der Waals surface area (Å²) in [6.45, 7) is 5.30. The Bertz CT molecular complexity index is 300. The summed E-state index contributed by atoms with van der Waals surface area (Å²) in [4.78, 5) is 4.31. The minimum absolute atomic E-state index is 0.762. The first-order valence-electron chi connectivity index (χ1n) is 6.62. The third-order valence-electron chi connectivity index (χ3n) is 3.55. The molecular weight excluding hydrogens is 198 g/mol. The summed E-state index contributed by atoms with van der Waals surface area (Å²) in [6.07, 6.45) is 11.0. The molecule has 1 fully saturated rings. The molecule has 0 atom stereocenters. The second-order valence-electron chi connectivity index (χ2n) is 4.70. The van der Waals surface area contributed by atoms with Crippen LogP contribution < -0.4 is 5.32 Å². The number of likely N-dealkylation sites (N-methyl/N-ethyl adjacent to an activating group) is 1. The van der Waals surface area contributed by atoms with E-state index in [2.05, 4.69) is 28.0 Å². The smallest absolute Gasteiger partial charge is 0.0948 e.